The highest BCUT2D eigenvalue weighted by Gasteiger charge is 2.41. The van der Waals surface area contributed by atoms with E-state index in [1.165, 1.54) is 6.07 Å². The fraction of sp³-hybridized carbons (Fsp3) is 0.396. The molecule has 0 aromatic heterocycles. The summed E-state index contributed by atoms with van der Waals surface area (Å²) in [5.74, 6) is -0.00125. The minimum absolute atomic E-state index is 0.0463. The van der Waals surface area contributed by atoms with Gasteiger partial charge in [-0.1, -0.05) is 92.6 Å². The van der Waals surface area contributed by atoms with E-state index in [1.54, 1.807) is 62.4 Å². The zero-order valence-corrected chi connectivity index (χ0v) is 44.7. The van der Waals surface area contributed by atoms with Gasteiger partial charge in [0.2, 0.25) is 21.1 Å². The first kappa shape index (κ1) is 55.7. The van der Waals surface area contributed by atoms with Crippen LogP contribution in [0.15, 0.2) is 105 Å². The highest BCUT2D eigenvalue weighted by atomic mass is 32.3. The van der Waals surface area contributed by atoms with Gasteiger partial charge in [-0.15, -0.1) is 0 Å². The monoisotopic (exact) mass is 1050 g/mol. The Morgan fingerprint density at radius 3 is 1.90 bits per heavy atom. The molecule has 0 unspecified atom stereocenters. The van der Waals surface area contributed by atoms with Gasteiger partial charge in [0.15, 0.2) is 10.0 Å². The van der Waals surface area contributed by atoms with Gasteiger partial charge in [-0.05, 0) is 110 Å². The number of sulfonamides is 3. The summed E-state index contributed by atoms with van der Waals surface area (Å²) in [5.41, 5.74) is 0.780. The summed E-state index contributed by atoms with van der Waals surface area (Å²) >= 11 is 0. The summed E-state index contributed by atoms with van der Waals surface area (Å²) in [6, 6.07) is 25.0. The Morgan fingerprint density at radius 2 is 1.33 bits per heavy atom. The van der Waals surface area contributed by atoms with E-state index in [4.69, 9.17) is 9.15 Å². The summed E-state index contributed by atoms with van der Waals surface area (Å²) in [4.78, 5) is 15.2. The van der Waals surface area contributed by atoms with Crippen molar-refractivity contribution >= 4 is 64.1 Å². The van der Waals surface area contributed by atoms with Crippen molar-refractivity contribution in [3.8, 4) is 22.5 Å². The van der Waals surface area contributed by atoms with Gasteiger partial charge in [-0.25, -0.2) is 35.0 Å². The third kappa shape index (κ3) is 12.2. The zero-order valence-electron chi connectivity index (χ0n) is 42.3. The van der Waals surface area contributed by atoms with Crippen LogP contribution in [0.25, 0.3) is 37.5 Å². The number of ether oxygens (including phenoxy) is 1. The van der Waals surface area contributed by atoms with Gasteiger partial charge < -0.3 is 18.6 Å². The van der Waals surface area contributed by atoms with Crippen LogP contribution in [0.2, 0.25) is 0 Å². The molecule has 0 atom stereocenters. The minimum atomic E-state index is -6.41. The number of anilines is 2. The molecule has 0 saturated heterocycles. The van der Waals surface area contributed by atoms with Crippen LogP contribution in [0.3, 0.4) is 0 Å². The molecule has 13 nitrogen and oxygen atoms in total. The third-order valence-electron chi connectivity index (χ3n) is 12.6. The molecule has 0 fully saturated rings. The fourth-order valence-corrected chi connectivity index (χ4v) is 11.5. The van der Waals surface area contributed by atoms with Crippen LogP contribution in [0.5, 0.6) is 0 Å². The molecule has 388 valence electrons. The van der Waals surface area contributed by atoms with E-state index in [0.717, 1.165) is 28.9 Å². The van der Waals surface area contributed by atoms with E-state index < -0.39 is 45.9 Å². The average Bonchev–Trinajstić information content (AvgIpc) is 3.29. The number of hydrogen-bond donors (Lipinski definition) is 3. The predicted molar refractivity (Wildman–Crippen MR) is 275 cm³/mol. The van der Waals surface area contributed by atoms with Gasteiger partial charge in [-0.2, -0.15) is 13.2 Å². The SMILES string of the molecule is CCC(C)(C)C(=O)OCCCNS(=O)(=O)c1cc(C(C)C)c([NH+]=c2ccc3c(-c4cccc(S(=O)(=O)[N-]S(=O)(=O)C(F)(F)F)c4)c4ccc(Nc5c(C(C)C)cccc5C(C)C)cc4oc-3c2)c(C(C)C)c1. The number of esters is 1. The number of nitrogens with zero attached hydrogens (tertiary/aromatic N) is 1. The largest absolute Gasteiger partial charge is 0.480 e. The molecule has 0 bridgehead atoms. The molecular formula is C53H63F3N4O9S3. The lowest BCUT2D eigenvalue weighted by Gasteiger charge is -2.23. The molecule has 1 aliphatic carbocycles. The van der Waals surface area contributed by atoms with Gasteiger partial charge in [-0.3, -0.25) is 4.79 Å². The molecule has 0 amide bonds. The molecule has 4 aromatic rings. The average molecular weight is 1050 g/mol. The maximum atomic E-state index is 13.8. The lowest BCUT2D eigenvalue weighted by Crippen LogP contribution is -2.71. The van der Waals surface area contributed by atoms with Crippen molar-refractivity contribution in [2.75, 3.05) is 18.5 Å². The normalized spacial score (nSPS) is 13.3. The maximum Gasteiger partial charge on any atom is 0.480 e. The highest BCUT2D eigenvalue weighted by Crippen LogP contribution is 2.43. The molecule has 72 heavy (non-hydrogen) atoms. The number of rotatable bonds is 19. The number of halogens is 3. The Kier molecular flexibility index (Phi) is 16.6. The topological polar surface area (TPSA) is 194 Å². The number of nitrogens with one attached hydrogen (secondary N) is 3. The second-order valence-corrected chi connectivity index (χ2v) is 24.9. The molecule has 0 spiro atoms. The Balaban J connectivity index is 1.51. The number of carbonyl (C=O) groups is 1. The Labute approximate surface area is 421 Å². The first-order valence-corrected chi connectivity index (χ1v) is 28.1. The molecular weight excluding hydrogens is 990 g/mol. The summed E-state index contributed by atoms with van der Waals surface area (Å²) in [6.07, 6.45) is 0.876. The second-order valence-electron chi connectivity index (χ2n) is 19.7. The van der Waals surface area contributed by atoms with Gasteiger partial charge >= 0.3 is 11.5 Å². The lowest BCUT2D eigenvalue weighted by molar-refractivity contribution is -0.404. The van der Waals surface area contributed by atoms with Gasteiger partial charge in [0.1, 0.15) is 21.4 Å². The Bertz CT molecular complexity index is 3330. The Hall–Kier alpha value is -5.60. The highest BCUT2D eigenvalue weighted by molar-refractivity contribution is 8.12. The predicted octanol–water partition coefficient (Wildman–Crippen LogP) is 11.3. The molecule has 4 aromatic carbocycles. The van der Waals surface area contributed by atoms with Crippen LogP contribution < -0.4 is 20.4 Å². The van der Waals surface area contributed by atoms with Crippen molar-refractivity contribution in [2.45, 2.75) is 128 Å². The standard InChI is InChI=1S/C53H62F3N4O9S3/c1-12-52(10,11)51(61)68-25-15-24-57-70(62,63)39-29-44(33(6)7)50(45(30-39)34(8)9)59-37-21-23-43-47(28-37)69-46-27-36(58-49-40(31(2)3)18-14-19-41(49)32(4)5)20-22-42(46)48(43)35-16-13-17-38(26-35)71(64,65)60-72(66,67)53(54,55)56/h13-14,16-23,26-34,57H,12,15,24-25H2,1-11H3,(H,58,59)/q-1/p+1. The van der Waals surface area contributed by atoms with Gasteiger partial charge in [0.05, 0.1) is 23.0 Å². The van der Waals surface area contributed by atoms with E-state index in [-0.39, 0.29) is 59.7 Å². The first-order chi connectivity index (χ1) is 33.5. The van der Waals surface area contributed by atoms with E-state index in [2.05, 4.69) is 59.0 Å². The number of hydrogen-bond acceptors (Lipinski definition) is 10. The van der Waals surface area contributed by atoms with Crippen molar-refractivity contribution in [3.63, 3.8) is 0 Å². The number of para-hydroxylation sites is 1. The third-order valence-corrected chi connectivity index (χ3v) is 17.0. The molecule has 1 heterocycles. The van der Waals surface area contributed by atoms with Crippen LogP contribution in [0.4, 0.5) is 30.2 Å². The van der Waals surface area contributed by atoms with Crippen LogP contribution in [0.1, 0.15) is 135 Å². The minimum Gasteiger partial charge on any atom is -0.465 e. The first-order valence-electron chi connectivity index (χ1n) is 23.7. The number of alkyl halides is 3. The zero-order chi connectivity index (χ0) is 53.3. The quantitative estimate of drug-likeness (QED) is 0.0399. The molecule has 0 radical (unpaired) electrons. The van der Waals surface area contributed by atoms with Crippen molar-refractivity contribution in [1.29, 1.82) is 0 Å². The van der Waals surface area contributed by atoms with E-state index >= 15 is 0 Å². The molecule has 3 N–H and O–H groups in total. The van der Waals surface area contributed by atoms with Crippen molar-refractivity contribution < 1.29 is 57.4 Å². The fourth-order valence-electron chi connectivity index (χ4n) is 8.10. The Morgan fingerprint density at radius 1 is 0.736 bits per heavy atom. The van der Waals surface area contributed by atoms with Crippen LogP contribution in [-0.4, -0.2) is 49.9 Å². The molecule has 19 heteroatoms. The number of carbonyl (C=O) groups excluding carboxylic acids is 1. The van der Waals surface area contributed by atoms with E-state index in [0.29, 0.717) is 62.1 Å². The molecule has 2 aliphatic rings. The van der Waals surface area contributed by atoms with Crippen molar-refractivity contribution in [2.24, 2.45) is 5.41 Å². The van der Waals surface area contributed by atoms with Gasteiger partial charge in [0, 0.05) is 62.6 Å². The summed E-state index contributed by atoms with van der Waals surface area (Å²) in [5, 5.41) is 4.65. The van der Waals surface area contributed by atoms with Crippen LogP contribution >= 0.6 is 0 Å². The van der Waals surface area contributed by atoms with Crippen molar-refractivity contribution in [3.05, 3.63) is 123 Å². The number of benzene rings is 5. The summed E-state index contributed by atoms with van der Waals surface area (Å²) < 4.78 is 135. The molecule has 0 saturated carbocycles. The van der Waals surface area contributed by atoms with E-state index in [9.17, 15) is 43.2 Å². The summed E-state index contributed by atoms with van der Waals surface area (Å²) in [6.45, 7) is 21.8. The van der Waals surface area contributed by atoms with Crippen LogP contribution in [-0.2, 0) is 39.6 Å². The molecule has 1 aliphatic heterocycles. The van der Waals surface area contributed by atoms with Crippen molar-refractivity contribution in [1.82, 2.24) is 4.72 Å². The van der Waals surface area contributed by atoms with E-state index in [1.807, 2.05) is 46.8 Å². The van der Waals surface area contributed by atoms with Crippen LogP contribution in [0, 0.1) is 5.41 Å². The molecule has 6 rings (SSSR count). The lowest BCUT2D eigenvalue weighted by atomic mass is 9.91. The number of fused-ring (bicyclic) bond motifs is 2. The van der Waals surface area contributed by atoms with Gasteiger partial charge in [0.25, 0.3) is 0 Å². The smallest absolute Gasteiger partial charge is 0.465 e. The summed E-state index contributed by atoms with van der Waals surface area (Å²) in [7, 11) is -15.8. The second kappa shape index (κ2) is 21.5. The maximum absolute atomic E-state index is 13.8.